The summed E-state index contributed by atoms with van der Waals surface area (Å²) in [7, 11) is 0. The van der Waals surface area contributed by atoms with Gasteiger partial charge in [0.2, 0.25) is 17.7 Å². The van der Waals surface area contributed by atoms with Gasteiger partial charge in [-0.3, -0.25) is 14.4 Å². The minimum absolute atomic E-state index is 0.0347. The van der Waals surface area contributed by atoms with E-state index in [-0.39, 0.29) is 17.7 Å². The molecule has 3 amide bonds. The quantitative estimate of drug-likeness (QED) is 0.194. The fourth-order valence-electron chi connectivity index (χ4n) is 4.37. The fraction of sp³-hybridized carbons (Fsp3) is 0.424. The Labute approximate surface area is 233 Å². The van der Waals surface area contributed by atoms with Crippen LogP contribution in [0, 0.1) is 17.8 Å². The van der Waals surface area contributed by atoms with E-state index in [1.54, 1.807) is 6.08 Å². The van der Waals surface area contributed by atoms with Crippen molar-refractivity contribution in [1.29, 1.82) is 0 Å². The number of para-hydroxylation sites is 1. The van der Waals surface area contributed by atoms with Gasteiger partial charge in [0.25, 0.3) is 0 Å². The Balaban J connectivity index is 1.31. The molecule has 1 aliphatic heterocycles. The number of nitrogens with zero attached hydrogens (tertiary/aromatic N) is 1. The molecule has 2 N–H and O–H groups in total. The molecule has 0 saturated heterocycles. The van der Waals surface area contributed by atoms with Gasteiger partial charge >= 0.3 is 0 Å². The number of rotatable bonds is 14. The van der Waals surface area contributed by atoms with Gasteiger partial charge in [-0.2, -0.15) is 0 Å². The molecule has 206 valence electrons. The highest BCUT2D eigenvalue weighted by molar-refractivity contribution is 5.95. The van der Waals surface area contributed by atoms with E-state index in [2.05, 4.69) is 22.5 Å². The summed E-state index contributed by atoms with van der Waals surface area (Å²) in [6, 6.07) is 15.7. The van der Waals surface area contributed by atoms with E-state index in [4.69, 9.17) is 0 Å². The van der Waals surface area contributed by atoms with E-state index >= 15 is 0 Å². The number of fused-ring (bicyclic) bond motifs is 2. The Bertz CT molecular complexity index is 1210. The first-order valence-electron chi connectivity index (χ1n) is 14.2. The molecular weight excluding hydrogens is 486 g/mol. The van der Waals surface area contributed by atoms with E-state index in [1.165, 1.54) is 0 Å². The zero-order valence-corrected chi connectivity index (χ0v) is 23.3. The highest BCUT2D eigenvalue weighted by Crippen LogP contribution is 2.26. The van der Waals surface area contributed by atoms with Crippen LogP contribution in [0.2, 0.25) is 0 Å². The van der Waals surface area contributed by atoms with E-state index < -0.39 is 0 Å². The second-order valence-corrected chi connectivity index (χ2v) is 10.3. The molecule has 1 aliphatic rings. The van der Waals surface area contributed by atoms with Crippen LogP contribution in [0.5, 0.6) is 0 Å². The zero-order valence-electron chi connectivity index (χ0n) is 23.3. The number of carbonyl (C=O) groups is 3. The van der Waals surface area contributed by atoms with E-state index in [9.17, 15) is 14.4 Å². The number of benzene rings is 2. The van der Waals surface area contributed by atoms with Crippen LogP contribution in [0.15, 0.2) is 60.7 Å². The lowest BCUT2D eigenvalue weighted by atomic mass is 10.0. The zero-order chi connectivity index (χ0) is 27.9. The van der Waals surface area contributed by atoms with Gasteiger partial charge in [0.15, 0.2) is 0 Å². The summed E-state index contributed by atoms with van der Waals surface area (Å²) in [5, 5.41) is 5.87. The first kappa shape index (κ1) is 29.7. The Hall–Kier alpha value is -3.85. The lowest BCUT2D eigenvalue weighted by molar-refractivity contribution is -0.122. The molecule has 0 spiro atoms. The highest BCUT2D eigenvalue weighted by atomic mass is 16.2. The van der Waals surface area contributed by atoms with E-state index in [0.717, 1.165) is 48.1 Å². The lowest BCUT2D eigenvalue weighted by Gasteiger charge is -2.26. The Morgan fingerprint density at radius 1 is 0.821 bits per heavy atom. The highest BCUT2D eigenvalue weighted by Gasteiger charge is 2.20. The van der Waals surface area contributed by atoms with Crippen LogP contribution < -0.4 is 15.5 Å². The molecule has 0 unspecified atom stereocenters. The third-order valence-corrected chi connectivity index (χ3v) is 6.58. The number of amides is 3. The van der Waals surface area contributed by atoms with Crippen molar-refractivity contribution in [2.75, 3.05) is 18.0 Å². The van der Waals surface area contributed by atoms with Gasteiger partial charge < -0.3 is 15.5 Å². The summed E-state index contributed by atoms with van der Waals surface area (Å²) in [5.74, 6) is 6.88. The average Bonchev–Trinajstić information content (AvgIpc) is 2.92. The Morgan fingerprint density at radius 3 is 2.23 bits per heavy atom. The van der Waals surface area contributed by atoms with Crippen molar-refractivity contribution < 1.29 is 14.4 Å². The number of hydrogen-bond acceptors (Lipinski definition) is 3. The smallest absolute Gasteiger partial charge is 0.243 e. The molecule has 2 aromatic carbocycles. The second-order valence-electron chi connectivity index (χ2n) is 10.3. The molecule has 0 atom stereocenters. The molecule has 0 fully saturated rings. The molecule has 0 aromatic heterocycles. The van der Waals surface area contributed by atoms with E-state index in [1.807, 2.05) is 73.4 Å². The molecule has 1 heterocycles. The first-order valence-corrected chi connectivity index (χ1v) is 14.2. The topological polar surface area (TPSA) is 78.5 Å². The van der Waals surface area contributed by atoms with Crippen LogP contribution in [-0.2, 0) is 20.9 Å². The number of unbranched alkanes of at least 4 members (excludes halogenated alkanes) is 4. The standard InChI is InChI=1S/C33H41N3O3/c1-26(2)19-22-32(38)35-24-12-4-3-11-23-34-31(37)17-9-10-18-33(39)36-25-29-15-6-5-13-27(29)20-21-28-14-7-8-16-30(28)36/h5-8,13-16,19,22,26H,3-4,9-12,17-18,23-25H2,1-2H3,(H,34,37)(H,35,38)/b22-19+. The lowest BCUT2D eigenvalue weighted by Crippen LogP contribution is -2.31. The van der Waals surface area contributed by atoms with Gasteiger partial charge in [0, 0.05) is 37.1 Å². The fourth-order valence-corrected chi connectivity index (χ4v) is 4.37. The van der Waals surface area contributed by atoms with Crippen molar-refractivity contribution in [1.82, 2.24) is 10.6 Å². The molecular formula is C33H41N3O3. The van der Waals surface area contributed by atoms with E-state index in [0.29, 0.717) is 51.2 Å². The maximum absolute atomic E-state index is 13.2. The molecule has 0 aliphatic carbocycles. The molecule has 0 saturated carbocycles. The third-order valence-electron chi connectivity index (χ3n) is 6.58. The summed E-state index contributed by atoms with van der Waals surface area (Å²) in [6.45, 7) is 5.90. The van der Waals surface area contributed by atoms with Gasteiger partial charge in [-0.1, -0.05) is 74.9 Å². The van der Waals surface area contributed by atoms with Crippen LogP contribution in [-0.4, -0.2) is 30.8 Å². The maximum Gasteiger partial charge on any atom is 0.243 e. The average molecular weight is 528 g/mol. The normalized spacial score (nSPS) is 12.1. The minimum atomic E-state index is -0.0380. The SMILES string of the molecule is CC(C)/C=C/C(=O)NCCCCCCNC(=O)CCCCC(=O)N1Cc2ccccc2C#Cc2ccccc21. The first-order chi connectivity index (χ1) is 18.9. The Kier molecular flexibility index (Phi) is 12.3. The van der Waals surface area contributed by atoms with Crippen LogP contribution in [0.1, 0.15) is 81.9 Å². The summed E-state index contributed by atoms with van der Waals surface area (Å²) >= 11 is 0. The summed E-state index contributed by atoms with van der Waals surface area (Å²) in [5.41, 5.74) is 3.68. The second kappa shape index (κ2) is 16.2. The monoisotopic (exact) mass is 527 g/mol. The molecule has 6 nitrogen and oxygen atoms in total. The van der Waals surface area contributed by atoms with Crippen LogP contribution in [0.3, 0.4) is 0 Å². The molecule has 39 heavy (non-hydrogen) atoms. The number of hydrogen-bond donors (Lipinski definition) is 2. The van der Waals surface area contributed by atoms with Crippen LogP contribution in [0.4, 0.5) is 5.69 Å². The summed E-state index contributed by atoms with van der Waals surface area (Å²) in [6.07, 6.45) is 9.52. The van der Waals surface area contributed by atoms with Crippen molar-refractivity contribution >= 4 is 23.4 Å². The van der Waals surface area contributed by atoms with Gasteiger partial charge in [-0.25, -0.2) is 0 Å². The number of allylic oxidation sites excluding steroid dienone is 1. The summed E-state index contributed by atoms with van der Waals surface area (Å²) in [4.78, 5) is 38.9. The Morgan fingerprint density at radius 2 is 1.46 bits per heavy atom. The van der Waals surface area contributed by atoms with Crippen molar-refractivity contribution in [3.63, 3.8) is 0 Å². The van der Waals surface area contributed by atoms with Gasteiger partial charge in [0.1, 0.15) is 0 Å². The number of anilines is 1. The predicted octanol–water partition coefficient (Wildman–Crippen LogP) is 5.50. The van der Waals surface area contributed by atoms with Crippen molar-refractivity contribution in [2.24, 2.45) is 5.92 Å². The third kappa shape index (κ3) is 10.4. The van der Waals surface area contributed by atoms with Gasteiger partial charge in [-0.15, -0.1) is 0 Å². The number of carbonyl (C=O) groups excluding carboxylic acids is 3. The molecule has 0 bridgehead atoms. The summed E-state index contributed by atoms with van der Waals surface area (Å²) < 4.78 is 0. The molecule has 6 heteroatoms. The molecule has 2 aromatic rings. The predicted molar refractivity (Wildman–Crippen MR) is 157 cm³/mol. The van der Waals surface area contributed by atoms with Crippen molar-refractivity contribution in [2.45, 2.75) is 71.8 Å². The molecule has 0 radical (unpaired) electrons. The van der Waals surface area contributed by atoms with Crippen LogP contribution >= 0.6 is 0 Å². The van der Waals surface area contributed by atoms with Crippen LogP contribution in [0.25, 0.3) is 0 Å². The minimum Gasteiger partial charge on any atom is -0.356 e. The molecule has 3 rings (SSSR count). The number of nitrogens with one attached hydrogen (secondary N) is 2. The van der Waals surface area contributed by atoms with Crippen molar-refractivity contribution in [3.05, 3.63) is 77.4 Å². The van der Waals surface area contributed by atoms with Gasteiger partial charge in [0.05, 0.1) is 12.2 Å². The largest absolute Gasteiger partial charge is 0.356 e. The van der Waals surface area contributed by atoms with Crippen molar-refractivity contribution in [3.8, 4) is 11.8 Å². The maximum atomic E-state index is 13.2. The van der Waals surface area contributed by atoms with Gasteiger partial charge in [-0.05, 0) is 61.4 Å².